The van der Waals surface area contributed by atoms with Crippen molar-refractivity contribution in [1.29, 1.82) is 0 Å². The summed E-state index contributed by atoms with van der Waals surface area (Å²) in [6, 6.07) is 4.31. The minimum absolute atomic E-state index is 0.0713. The normalized spacial score (nSPS) is 24.1. The van der Waals surface area contributed by atoms with Crippen LogP contribution in [0.1, 0.15) is 25.0 Å². The quantitative estimate of drug-likeness (QED) is 0.800. The first-order valence-corrected chi connectivity index (χ1v) is 8.74. The number of aliphatic carboxylic acids is 1. The van der Waals surface area contributed by atoms with Gasteiger partial charge in [0.2, 0.25) is 0 Å². The van der Waals surface area contributed by atoms with Crippen LogP contribution in [0.2, 0.25) is 0 Å². The minimum atomic E-state index is -5.08. The molecule has 1 N–H and O–H groups in total. The van der Waals surface area contributed by atoms with Crippen molar-refractivity contribution in [3.05, 3.63) is 17.8 Å². The summed E-state index contributed by atoms with van der Waals surface area (Å²) in [5.41, 5.74) is 0.922. The molecule has 2 aliphatic rings. The average molecular weight is 404 g/mol. The summed E-state index contributed by atoms with van der Waals surface area (Å²) in [5.74, 6) is -1.77. The Kier molecular flexibility index (Phi) is 6.81. The number of fused-ring (bicyclic) bond motifs is 1. The van der Waals surface area contributed by atoms with E-state index >= 15 is 0 Å². The summed E-state index contributed by atoms with van der Waals surface area (Å²) in [7, 11) is 3.56. The molecule has 0 saturated carbocycles. The first kappa shape index (κ1) is 21.9. The van der Waals surface area contributed by atoms with E-state index in [9.17, 15) is 18.0 Å². The predicted octanol–water partition coefficient (Wildman–Crippen LogP) is 1.63. The fraction of sp³-hybridized carbons (Fsp3) is 0.647. The van der Waals surface area contributed by atoms with E-state index in [0.717, 1.165) is 37.3 Å². The first-order valence-electron chi connectivity index (χ1n) is 8.74. The van der Waals surface area contributed by atoms with Gasteiger partial charge in [0.25, 0.3) is 5.91 Å². The van der Waals surface area contributed by atoms with Crippen molar-refractivity contribution in [2.45, 2.75) is 50.6 Å². The molecule has 0 radical (unpaired) electrons. The number of anilines is 1. The molecule has 2 aliphatic heterocycles. The number of carboxylic acids is 1. The molecule has 2 fully saturated rings. The second-order valence-corrected chi connectivity index (χ2v) is 6.86. The van der Waals surface area contributed by atoms with E-state index < -0.39 is 12.1 Å². The van der Waals surface area contributed by atoms with Gasteiger partial charge in [-0.15, -0.1) is 5.10 Å². The van der Waals surface area contributed by atoms with Crippen molar-refractivity contribution in [3.8, 4) is 0 Å². The highest BCUT2D eigenvalue weighted by atomic mass is 19.4. The lowest BCUT2D eigenvalue weighted by atomic mass is 9.98. The molecule has 0 unspecified atom stereocenters. The number of aryl methyl sites for hydroxylation is 1. The highest BCUT2D eigenvalue weighted by Gasteiger charge is 2.42. The molecule has 28 heavy (non-hydrogen) atoms. The van der Waals surface area contributed by atoms with Crippen LogP contribution in [0.5, 0.6) is 0 Å². The van der Waals surface area contributed by atoms with Gasteiger partial charge in [0.1, 0.15) is 6.10 Å². The van der Waals surface area contributed by atoms with Gasteiger partial charge in [-0.3, -0.25) is 4.79 Å². The monoisotopic (exact) mass is 404 g/mol. The van der Waals surface area contributed by atoms with Crippen molar-refractivity contribution >= 4 is 17.7 Å². The number of ether oxygens (including phenoxy) is 1. The van der Waals surface area contributed by atoms with Crippen LogP contribution in [0.15, 0.2) is 12.1 Å². The molecule has 156 valence electrons. The van der Waals surface area contributed by atoms with Crippen molar-refractivity contribution in [2.75, 3.05) is 25.5 Å². The molecule has 11 heteroatoms. The van der Waals surface area contributed by atoms with Gasteiger partial charge in [-0.1, -0.05) is 0 Å². The lowest BCUT2D eigenvalue weighted by Gasteiger charge is -2.36. The topological polar surface area (TPSA) is 95.9 Å². The number of carbonyl (C=O) groups excluding carboxylic acids is 1. The molecule has 0 aromatic carbocycles. The van der Waals surface area contributed by atoms with Gasteiger partial charge in [-0.2, -0.15) is 18.3 Å². The summed E-state index contributed by atoms with van der Waals surface area (Å²) >= 11 is 0. The Morgan fingerprint density at radius 1 is 1.21 bits per heavy atom. The largest absolute Gasteiger partial charge is 0.490 e. The second kappa shape index (κ2) is 8.72. The highest BCUT2D eigenvalue weighted by Crippen LogP contribution is 2.34. The maximum absolute atomic E-state index is 12.0. The van der Waals surface area contributed by atoms with Crippen LogP contribution in [0.3, 0.4) is 0 Å². The summed E-state index contributed by atoms with van der Waals surface area (Å²) in [5, 5.41) is 15.5. The van der Waals surface area contributed by atoms with Crippen LogP contribution < -0.4 is 4.90 Å². The fourth-order valence-corrected chi connectivity index (χ4v) is 3.23. The molecule has 3 heterocycles. The zero-order chi connectivity index (χ0) is 21.1. The molecule has 3 atom stereocenters. The van der Waals surface area contributed by atoms with Crippen molar-refractivity contribution in [1.82, 2.24) is 15.1 Å². The Balaban J connectivity index is 0.000000345. The van der Waals surface area contributed by atoms with Gasteiger partial charge in [-0.05, 0) is 38.3 Å². The van der Waals surface area contributed by atoms with Crippen LogP contribution in [-0.4, -0.2) is 77.1 Å². The minimum Gasteiger partial charge on any atom is -0.475 e. The molecule has 3 rings (SSSR count). The smallest absolute Gasteiger partial charge is 0.475 e. The van der Waals surface area contributed by atoms with Crippen LogP contribution in [0.4, 0.5) is 19.0 Å². The number of aromatic nitrogens is 2. The Morgan fingerprint density at radius 2 is 1.86 bits per heavy atom. The molecule has 8 nitrogen and oxygen atoms in total. The zero-order valence-corrected chi connectivity index (χ0v) is 15.8. The summed E-state index contributed by atoms with van der Waals surface area (Å²) < 4.78 is 37.8. The standard InChI is InChI=1S/C15H22N4O2.C2HF3O2/c1-10-4-7-14(17-16-10)19-9-8-12-11(19)5-6-13(21-12)15(20)18(2)3;3-2(4,5)1(6)7/h4,7,11-13H,5-6,8-9H2,1-3H3;(H,6,7)/t11-,12-,13-;/m1./s1. The molecule has 0 spiro atoms. The Morgan fingerprint density at radius 3 is 2.36 bits per heavy atom. The molecule has 1 aromatic rings. The average Bonchev–Trinajstić information content (AvgIpc) is 3.04. The number of nitrogens with zero attached hydrogens (tertiary/aromatic N) is 4. The predicted molar refractivity (Wildman–Crippen MR) is 92.8 cm³/mol. The van der Waals surface area contributed by atoms with Crippen molar-refractivity contribution in [3.63, 3.8) is 0 Å². The van der Waals surface area contributed by atoms with Gasteiger partial charge in [0, 0.05) is 20.6 Å². The molecule has 1 aromatic heterocycles. The van der Waals surface area contributed by atoms with Gasteiger partial charge >= 0.3 is 12.1 Å². The number of carboxylic acid groups (broad SMARTS) is 1. The van der Waals surface area contributed by atoms with Gasteiger partial charge in [0.05, 0.1) is 17.8 Å². The Labute approximate surface area is 160 Å². The van der Waals surface area contributed by atoms with Crippen LogP contribution in [0.25, 0.3) is 0 Å². The Bertz CT molecular complexity index is 697. The SMILES string of the molecule is Cc1ccc(N2CC[C@H]3O[C@@H](C(=O)N(C)C)CC[C@H]32)nn1.O=C(O)C(F)(F)F. The highest BCUT2D eigenvalue weighted by molar-refractivity contribution is 5.80. The van der Waals surface area contributed by atoms with E-state index in [0.29, 0.717) is 6.04 Å². The maximum Gasteiger partial charge on any atom is 0.490 e. The number of hydrogen-bond acceptors (Lipinski definition) is 6. The molecule has 0 aliphatic carbocycles. The van der Waals surface area contributed by atoms with Crippen LogP contribution in [-0.2, 0) is 14.3 Å². The van der Waals surface area contributed by atoms with Gasteiger partial charge in [-0.25, -0.2) is 4.79 Å². The van der Waals surface area contributed by atoms with E-state index in [1.165, 1.54) is 0 Å². The van der Waals surface area contributed by atoms with E-state index in [-0.39, 0.29) is 18.1 Å². The van der Waals surface area contributed by atoms with Crippen LogP contribution in [0, 0.1) is 6.92 Å². The Hall–Kier alpha value is -2.43. The second-order valence-electron chi connectivity index (χ2n) is 6.86. The number of amides is 1. The van der Waals surface area contributed by atoms with Crippen molar-refractivity contribution in [2.24, 2.45) is 0 Å². The summed E-state index contributed by atoms with van der Waals surface area (Å²) in [6.07, 6.45) is -2.57. The lowest BCUT2D eigenvalue weighted by molar-refractivity contribution is -0.192. The lowest BCUT2D eigenvalue weighted by Crippen LogP contribution is -2.47. The van der Waals surface area contributed by atoms with E-state index in [1.807, 2.05) is 19.1 Å². The first-order chi connectivity index (χ1) is 13.0. The van der Waals surface area contributed by atoms with E-state index in [1.54, 1.807) is 19.0 Å². The number of halogens is 3. The summed E-state index contributed by atoms with van der Waals surface area (Å²) in [6.45, 7) is 2.85. The van der Waals surface area contributed by atoms with Gasteiger partial charge in [0.15, 0.2) is 5.82 Å². The number of hydrogen-bond donors (Lipinski definition) is 1. The summed E-state index contributed by atoms with van der Waals surface area (Å²) in [4.78, 5) is 24.8. The fourth-order valence-electron chi connectivity index (χ4n) is 3.23. The van der Waals surface area contributed by atoms with Crippen molar-refractivity contribution < 1.29 is 32.6 Å². The third kappa shape index (κ3) is 5.31. The number of alkyl halides is 3. The number of carbonyl (C=O) groups is 2. The molecular weight excluding hydrogens is 381 g/mol. The van der Waals surface area contributed by atoms with Crippen LogP contribution >= 0.6 is 0 Å². The molecule has 0 bridgehead atoms. The van der Waals surface area contributed by atoms with E-state index in [4.69, 9.17) is 14.6 Å². The number of rotatable bonds is 2. The molecular formula is C17H23F3N4O4. The molecule has 1 amide bonds. The van der Waals surface area contributed by atoms with Gasteiger partial charge < -0.3 is 19.6 Å². The third-order valence-corrected chi connectivity index (χ3v) is 4.58. The zero-order valence-electron chi connectivity index (χ0n) is 15.8. The van der Waals surface area contributed by atoms with E-state index in [2.05, 4.69) is 15.1 Å². The molecule has 2 saturated heterocycles. The third-order valence-electron chi connectivity index (χ3n) is 4.58. The number of likely N-dealkylation sites (N-methyl/N-ethyl adjacent to an activating group) is 1. The maximum atomic E-state index is 12.0.